The molecule has 19 heavy (non-hydrogen) atoms. The Hall–Kier alpha value is -0.610. The smallest absolute Gasteiger partial charge is 0.220 e. The third-order valence-electron chi connectivity index (χ3n) is 4.71. The topological polar surface area (TPSA) is 61.4 Å². The Kier molecular flexibility index (Phi) is 6.80. The highest BCUT2D eigenvalue weighted by atomic mass is 16.3. The third-order valence-corrected chi connectivity index (χ3v) is 4.71. The molecule has 0 aromatic rings. The summed E-state index contributed by atoms with van der Waals surface area (Å²) in [6, 6.07) is 0. The van der Waals surface area contributed by atoms with Gasteiger partial charge in [-0.2, -0.15) is 0 Å². The first kappa shape index (κ1) is 16.4. The number of hydrogen-bond acceptors (Lipinski definition) is 3. The maximum Gasteiger partial charge on any atom is 0.220 e. The van der Waals surface area contributed by atoms with Gasteiger partial charge in [0.05, 0.1) is 12.1 Å². The lowest BCUT2D eigenvalue weighted by Crippen LogP contribution is -2.51. The lowest BCUT2D eigenvalue weighted by atomic mass is 9.85. The molecule has 1 amide bonds. The minimum absolute atomic E-state index is 0.0190. The van der Waals surface area contributed by atoms with E-state index in [4.69, 9.17) is 0 Å². The van der Waals surface area contributed by atoms with Gasteiger partial charge in [0, 0.05) is 6.42 Å². The molecule has 2 unspecified atom stereocenters. The highest BCUT2D eigenvalue weighted by molar-refractivity contribution is 5.77. The van der Waals surface area contributed by atoms with Gasteiger partial charge >= 0.3 is 0 Å². The molecule has 3 N–H and O–H groups in total. The summed E-state index contributed by atoms with van der Waals surface area (Å²) in [6.07, 6.45) is 4.53. The summed E-state index contributed by atoms with van der Waals surface area (Å²) in [7, 11) is 0. The zero-order valence-electron chi connectivity index (χ0n) is 12.7. The van der Waals surface area contributed by atoms with Gasteiger partial charge in [-0.3, -0.25) is 4.79 Å². The summed E-state index contributed by atoms with van der Waals surface area (Å²) in [5.41, 5.74) is -0.429. The molecule has 0 aromatic carbocycles. The van der Waals surface area contributed by atoms with Gasteiger partial charge < -0.3 is 15.7 Å². The van der Waals surface area contributed by atoms with Crippen LogP contribution in [0, 0.1) is 11.8 Å². The van der Waals surface area contributed by atoms with Crippen LogP contribution in [0.5, 0.6) is 0 Å². The average molecular weight is 270 g/mol. The van der Waals surface area contributed by atoms with Crippen molar-refractivity contribution in [1.82, 2.24) is 10.6 Å². The minimum Gasteiger partial charge on any atom is -0.394 e. The highest BCUT2D eigenvalue weighted by Crippen LogP contribution is 2.23. The fourth-order valence-electron chi connectivity index (χ4n) is 2.86. The van der Waals surface area contributed by atoms with Crippen LogP contribution in [0.4, 0.5) is 0 Å². The number of carbonyl (C=O) groups excluding carboxylic acids is 1. The van der Waals surface area contributed by atoms with E-state index in [1.165, 1.54) is 12.8 Å². The van der Waals surface area contributed by atoms with E-state index >= 15 is 0 Å². The summed E-state index contributed by atoms with van der Waals surface area (Å²) in [4.78, 5) is 12.1. The zero-order chi connectivity index (χ0) is 14.3. The number of piperidine rings is 1. The van der Waals surface area contributed by atoms with Crippen molar-refractivity contribution in [2.45, 2.75) is 58.4 Å². The molecule has 2 atom stereocenters. The van der Waals surface area contributed by atoms with Crippen molar-refractivity contribution in [1.29, 1.82) is 0 Å². The van der Waals surface area contributed by atoms with E-state index < -0.39 is 5.54 Å². The van der Waals surface area contributed by atoms with Gasteiger partial charge in [-0.15, -0.1) is 0 Å². The molecule has 0 bridgehead atoms. The number of aliphatic hydroxyl groups is 1. The maximum absolute atomic E-state index is 12.1. The molecular weight excluding hydrogens is 240 g/mol. The van der Waals surface area contributed by atoms with Crippen molar-refractivity contribution in [3.8, 4) is 0 Å². The monoisotopic (exact) mass is 270 g/mol. The lowest BCUT2D eigenvalue weighted by molar-refractivity contribution is -0.125. The fourth-order valence-corrected chi connectivity index (χ4v) is 2.86. The summed E-state index contributed by atoms with van der Waals surface area (Å²) < 4.78 is 0. The molecule has 1 aliphatic heterocycles. The van der Waals surface area contributed by atoms with E-state index in [2.05, 4.69) is 17.6 Å². The number of aliphatic hydroxyl groups excluding tert-OH is 1. The van der Waals surface area contributed by atoms with Crippen LogP contribution in [0.1, 0.15) is 52.9 Å². The molecule has 1 aliphatic rings. The van der Waals surface area contributed by atoms with Crippen LogP contribution in [0.25, 0.3) is 0 Å². The second-order valence-corrected chi connectivity index (χ2v) is 5.98. The molecule has 112 valence electrons. The Morgan fingerprint density at radius 2 is 2.16 bits per heavy atom. The third kappa shape index (κ3) is 4.77. The van der Waals surface area contributed by atoms with E-state index in [1.807, 2.05) is 13.8 Å². The number of rotatable bonds is 7. The predicted octanol–water partition coefficient (Wildman–Crippen LogP) is 1.68. The van der Waals surface area contributed by atoms with E-state index in [1.54, 1.807) is 0 Å². The van der Waals surface area contributed by atoms with E-state index in [9.17, 15) is 9.90 Å². The van der Waals surface area contributed by atoms with Crippen LogP contribution >= 0.6 is 0 Å². The van der Waals surface area contributed by atoms with Crippen LogP contribution in [0.3, 0.4) is 0 Å². The Balaban J connectivity index is 2.44. The van der Waals surface area contributed by atoms with Crippen molar-refractivity contribution in [3.63, 3.8) is 0 Å². The molecule has 4 heteroatoms. The molecule has 1 fully saturated rings. The molecule has 0 spiro atoms. The van der Waals surface area contributed by atoms with E-state index in [0.29, 0.717) is 18.3 Å². The molecule has 1 heterocycles. The van der Waals surface area contributed by atoms with Gasteiger partial charge in [0.2, 0.25) is 5.91 Å². The molecular formula is C15H30N2O2. The fraction of sp³-hybridized carbons (Fsp3) is 0.933. The molecule has 1 rings (SSSR count). The predicted molar refractivity (Wildman–Crippen MR) is 77.9 cm³/mol. The van der Waals surface area contributed by atoms with Gasteiger partial charge in [-0.05, 0) is 50.6 Å². The van der Waals surface area contributed by atoms with Crippen LogP contribution in [0.15, 0.2) is 0 Å². The van der Waals surface area contributed by atoms with E-state index in [0.717, 1.165) is 25.9 Å². The molecule has 0 saturated carbocycles. The van der Waals surface area contributed by atoms with Crippen LogP contribution < -0.4 is 10.6 Å². The van der Waals surface area contributed by atoms with Crippen molar-refractivity contribution in [3.05, 3.63) is 0 Å². The summed E-state index contributed by atoms with van der Waals surface area (Å²) in [6.45, 7) is 8.33. The first-order valence-electron chi connectivity index (χ1n) is 7.69. The summed E-state index contributed by atoms with van der Waals surface area (Å²) >= 11 is 0. The van der Waals surface area contributed by atoms with Gasteiger partial charge in [0.25, 0.3) is 0 Å². The quantitative estimate of drug-likeness (QED) is 0.659. The number of nitrogens with one attached hydrogen (secondary N) is 2. The Labute approximate surface area is 117 Å². The van der Waals surface area contributed by atoms with Gasteiger partial charge in [0.15, 0.2) is 0 Å². The first-order valence-corrected chi connectivity index (χ1v) is 7.69. The second-order valence-electron chi connectivity index (χ2n) is 5.98. The van der Waals surface area contributed by atoms with Crippen molar-refractivity contribution in [2.75, 3.05) is 19.7 Å². The Morgan fingerprint density at radius 1 is 1.47 bits per heavy atom. The van der Waals surface area contributed by atoms with E-state index in [-0.39, 0.29) is 12.5 Å². The summed E-state index contributed by atoms with van der Waals surface area (Å²) in [5.74, 6) is 1.08. The van der Waals surface area contributed by atoms with Gasteiger partial charge in [-0.25, -0.2) is 0 Å². The normalized spacial score (nSPS) is 22.0. The van der Waals surface area contributed by atoms with Crippen molar-refractivity contribution < 1.29 is 9.90 Å². The number of hydrogen-bond donors (Lipinski definition) is 3. The van der Waals surface area contributed by atoms with Gasteiger partial charge in [0.1, 0.15) is 0 Å². The second kappa shape index (κ2) is 7.85. The van der Waals surface area contributed by atoms with Crippen LogP contribution in [-0.2, 0) is 4.79 Å². The largest absolute Gasteiger partial charge is 0.394 e. The Morgan fingerprint density at radius 3 is 2.63 bits per heavy atom. The molecule has 4 nitrogen and oxygen atoms in total. The first-order chi connectivity index (χ1) is 9.06. The standard InChI is InChI=1S/C15H30N2O2/c1-4-15(5-2,11-18)17-14(19)9-12(3)13-7-6-8-16-10-13/h12-13,16,18H,4-11H2,1-3H3,(H,17,19). The maximum atomic E-state index is 12.1. The average Bonchev–Trinajstić information content (AvgIpc) is 2.46. The lowest BCUT2D eigenvalue weighted by Gasteiger charge is -2.33. The van der Waals surface area contributed by atoms with Crippen LogP contribution in [-0.4, -0.2) is 36.2 Å². The summed E-state index contributed by atoms with van der Waals surface area (Å²) in [5, 5.41) is 15.9. The number of amides is 1. The van der Waals surface area contributed by atoms with Gasteiger partial charge in [-0.1, -0.05) is 20.8 Å². The minimum atomic E-state index is -0.429. The van der Waals surface area contributed by atoms with Crippen LogP contribution in [0.2, 0.25) is 0 Å². The molecule has 0 aliphatic carbocycles. The van der Waals surface area contributed by atoms with Crippen molar-refractivity contribution in [2.24, 2.45) is 11.8 Å². The molecule has 1 saturated heterocycles. The zero-order valence-corrected chi connectivity index (χ0v) is 12.7. The molecule has 0 aromatic heterocycles. The number of carbonyl (C=O) groups is 1. The van der Waals surface area contributed by atoms with Crippen molar-refractivity contribution >= 4 is 5.91 Å². The SMILES string of the molecule is CCC(CC)(CO)NC(=O)CC(C)C1CCCNC1. The molecule has 0 radical (unpaired) electrons. The Bertz CT molecular complexity index is 263. The highest BCUT2D eigenvalue weighted by Gasteiger charge is 2.29.